The summed E-state index contributed by atoms with van der Waals surface area (Å²) in [6.45, 7) is 8.41. The number of benzene rings is 6. The molecule has 0 bridgehead atoms. The van der Waals surface area contributed by atoms with Gasteiger partial charge in [-0.3, -0.25) is 0 Å². The van der Waals surface area contributed by atoms with Crippen molar-refractivity contribution in [2.24, 2.45) is 0 Å². The SMILES string of the molecule is Cc1cc(C)cc(-c2ccc3c(c2)c2cc(-c4cc(C)cc(C)c4)ccc2n3-c2ccccc2-c2ccc(F)c(F)c2F)c1. The standard InChI is InChI=1S/C40H30F3N/c1-23-15-24(2)18-29(17-23)27-9-13-37-33(21-27)34-22-28(30-19-25(3)16-26(4)20-30)10-14-38(34)44(37)36-8-6-5-7-31(36)32-11-12-35(41)40(43)39(32)42/h5-22H,1-4H3. The van der Waals surface area contributed by atoms with Crippen LogP contribution in [0, 0.1) is 45.1 Å². The van der Waals surface area contributed by atoms with Crippen molar-refractivity contribution in [3.63, 3.8) is 0 Å². The number of hydrogen-bond donors (Lipinski definition) is 0. The smallest absolute Gasteiger partial charge is 0.195 e. The second-order valence-corrected chi connectivity index (χ2v) is 11.8. The lowest BCUT2D eigenvalue weighted by Gasteiger charge is -2.15. The molecule has 44 heavy (non-hydrogen) atoms. The third kappa shape index (κ3) is 4.67. The molecule has 0 aliphatic carbocycles. The highest BCUT2D eigenvalue weighted by Gasteiger charge is 2.21. The van der Waals surface area contributed by atoms with Crippen LogP contribution in [0.4, 0.5) is 13.2 Å². The van der Waals surface area contributed by atoms with Crippen LogP contribution < -0.4 is 0 Å². The fourth-order valence-corrected chi connectivity index (χ4v) is 6.55. The second kappa shape index (κ2) is 10.6. The maximum atomic E-state index is 15.2. The minimum absolute atomic E-state index is 0.00760. The first-order chi connectivity index (χ1) is 21.2. The molecule has 1 heterocycles. The van der Waals surface area contributed by atoms with Gasteiger partial charge in [-0.1, -0.05) is 89.0 Å². The van der Waals surface area contributed by atoms with Gasteiger partial charge < -0.3 is 4.57 Å². The van der Waals surface area contributed by atoms with Crippen molar-refractivity contribution < 1.29 is 13.2 Å². The number of aromatic nitrogens is 1. The Morgan fingerprint density at radius 1 is 0.432 bits per heavy atom. The van der Waals surface area contributed by atoms with E-state index in [-0.39, 0.29) is 5.56 Å². The van der Waals surface area contributed by atoms with E-state index < -0.39 is 17.5 Å². The molecule has 0 spiro atoms. The molecule has 7 aromatic rings. The Bertz CT molecular complexity index is 2110. The molecule has 7 rings (SSSR count). The summed E-state index contributed by atoms with van der Waals surface area (Å²) in [5.41, 5.74) is 12.3. The predicted molar refractivity (Wildman–Crippen MR) is 176 cm³/mol. The number of nitrogens with zero attached hydrogens (tertiary/aromatic N) is 1. The van der Waals surface area contributed by atoms with Crippen molar-refractivity contribution in [1.82, 2.24) is 4.57 Å². The van der Waals surface area contributed by atoms with E-state index in [0.717, 1.165) is 50.1 Å². The first-order valence-electron chi connectivity index (χ1n) is 14.7. The lowest BCUT2D eigenvalue weighted by atomic mass is 9.97. The lowest BCUT2D eigenvalue weighted by molar-refractivity contribution is 0.449. The Morgan fingerprint density at radius 3 is 1.45 bits per heavy atom. The van der Waals surface area contributed by atoms with E-state index in [4.69, 9.17) is 0 Å². The van der Waals surface area contributed by atoms with E-state index in [9.17, 15) is 8.78 Å². The van der Waals surface area contributed by atoms with Crippen LogP contribution >= 0.6 is 0 Å². The zero-order valence-corrected chi connectivity index (χ0v) is 25.0. The van der Waals surface area contributed by atoms with Gasteiger partial charge in [0, 0.05) is 21.9 Å². The average Bonchev–Trinajstić information content (AvgIpc) is 3.32. The van der Waals surface area contributed by atoms with E-state index in [0.29, 0.717) is 11.3 Å². The predicted octanol–water partition coefficient (Wildman–Crippen LogP) is 11.4. The summed E-state index contributed by atoms with van der Waals surface area (Å²) in [4.78, 5) is 0. The molecule has 1 aromatic heterocycles. The van der Waals surface area contributed by atoms with Crippen LogP contribution in [0.3, 0.4) is 0 Å². The molecular formula is C40H30F3N. The Kier molecular flexibility index (Phi) is 6.66. The van der Waals surface area contributed by atoms with E-state index in [1.165, 1.54) is 28.3 Å². The fourth-order valence-electron chi connectivity index (χ4n) is 6.55. The monoisotopic (exact) mass is 581 g/mol. The Balaban J connectivity index is 1.54. The number of aryl methyl sites for hydroxylation is 4. The van der Waals surface area contributed by atoms with Crippen molar-refractivity contribution in [3.05, 3.63) is 149 Å². The Hall–Kier alpha value is -5.09. The molecule has 0 unspecified atom stereocenters. The van der Waals surface area contributed by atoms with Crippen molar-refractivity contribution in [3.8, 4) is 39.1 Å². The van der Waals surface area contributed by atoms with Gasteiger partial charge in [-0.25, -0.2) is 13.2 Å². The molecule has 4 heteroatoms. The van der Waals surface area contributed by atoms with Crippen LogP contribution in [0.2, 0.25) is 0 Å². The third-order valence-electron chi connectivity index (χ3n) is 8.35. The Labute approximate surface area is 254 Å². The lowest BCUT2D eigenvalue weighted by Crippen LogP contribution is -2.00. The summed E-state index contributed by atoms with van der Waals surface area (Å²) in [7, 11) is 0. The second-order valence-electron chi connectivity index (χ2n) is 11.8. The average molecular weight is 582 g/mol. The number of rotatable bonds is 4. The summed E-state index contributed by atoms with van der Waals surface area (Å²) in [6.07, 6.45) is 0. The zero-order valence-electron chi connectivity index (χ0n) is 25.0. The molecule has 0 aliphatic heterocycles. The molecule has 0 N–H and O–H groups in total. The minimum atomic E-state index is -1.48. The van der Waals surface area contributed by atoms with Crippen molar-refractivity contribution in [2.45, 2.75) is 27.7 Å². The van der Waals surface area contributed by atoms with Crippen molar-refractivity contribution in [2.75, 3.05) is 0 Å². The highest BCUT2D eigenvalue weighted by molar-refractivity contribution is 6.12. The molecule has 0 saturated carbocycles. The topological polar surface area (TPSA) is 4.93 Å². The van der Waals surface area contributed by atoms with Gasteiger partial charge in [0.05, 0.1) is 16.7 Å². The van der Waals surface area contributed by atoms with E-state index in [2.05, 4.69) is 105 Å². The van der Waals surface area contributed by atoms with Gasteiger partial charge in [0.15, 0.2) is 17.5 Å². The normalized spacial score (nSPS) is 11.5. The van der Waals surface area contributed by atoms with Gasteiger partial charge in [0.1, 0.15) is 0 Å². The molecular weight excluding hydrogens is 551 g/mol. The summed E-state index contributed by atoms with van der Waals surface area (Å²) in [6, 6.07) is 35.5. The fraction of sp³-hybridized carbons (Fsp3) is 0.100. The molecule has 0 fully saturated rings. The number of halogens is 3. The van der Waals surface area contributed by atoms with Crippen molar-refractivity contribution >= 4 is 21.8 Å². The number of fused-ring (bicyclic) bond motifs is 3. The first-order valence-corrected chi connectivity index (χ1v) is 14.7. The highest BCUT2D eigenvalue weighted by Crippen LogP contribution is 2.40. The summed E-state index contributed by atoms with van der Waals surface area (Å²) < 4.78 is 45.6. The summed E-state index contributed by atoms with van der Waals surface area (Å²) in [5.74, 6) is -3.89. The molecule has 216 valence electrons. The maximum Gasteiger partial charge on any atom is 0.195 e. The molecule has 0 radical (unpaired) electrons. The summed E-state index contributed by atoms with van der Waals surface area (Å²) >= 11 is 0. The van der Waals surface area contributed by atoms with E-state index in [1.807, 2.05) is 12.1 Å². The zero-order chi connectivity index (χ0) is 30.7. The van der Waals surface area contributed by atoms with Gasteiger partial charge in [0.2, 0.25) is 0 Å². The van der Waals surface area contributed by atoms with Gasteiger partial charge in [0.25, 0.3) is 0 Å². The largest absolute Gasteiger partial charge is 0.309 e. The van der Waals surface area contributed by atoms with Crippen LogP contribution in [-0.2, 0) is 0 Å². The molecule has 0 aliphatic rings. The number of hydrogen-bond acceptors (Lipinski definition) is 0. The molecule has 6 aromatic carbocycles. The van der Waals surface area contributed by atoms with Crippen LogP contribution in [0.5, 0.6) is 0 Å². The molecule has 0 amide bonds. The van der Waals surface area contributed by atoms with Crippen LogP contribution in [-0.4, -0.2) is 4.57 Å². The first kappa shape index (κ1) is 27.7. The third-order valence-corrected chi connectivity index (χ3v) is 8.35. The molecule has 1 nitrogen and oxygen atoms in total. The van der Waals surface area contributed by atoms with Gasteiger partial charge in [-0.05, 0) is 92.4 Å². The van der Waals surface area contributed by atoms with Gasteiger partial charge >= 0.3 is 0 Å². The number of para-hydroxylation sites is 1. The van der Waals surface area contributed by atoms with E-state index in [1.54, 1.807) is 12.1 Å². The van der Waals surface area contributed by atoms with Gasteiger partial charge in [-0.15, -0.1) is 0 Å². The summed E-state index contributed by atoms with van der Waals surface area (Å²) in [5, 5.41) is 2.09. The minimum Gasteiger partial charge on any atom is -0.309 e. The van der Waals surface area contributed by atoms with Crippen LogP contribution in [0.25, 0.3) is 60.9 Å². The van der Waals surface area contributed by atoms with Crippen LogP contribution in [0.15, 0.2) is 109 Å². The Morgan fingerprint density at radius 2 is 0.932 bits per heavy atom. The highest BCUT2D eigenvalue weighted by atomic mass is 19.2. The van der Waals surface area contributed by atoms with E-state index >= 15 is 4.39 Å². The maximum absolute atomic E-state index is 15.2. The van der Waals surface area contributed by atoms with Crippen LogP contribution in [0.1, 0.15) is 22.3 Å². The van der Waals surface area contributed by atoms with Gasteiger partial charge in [-0.2, -0.15) is 0 Å². The molecule has 0 atom stereocenters. The quantitative estimate of drug-likeness (QED) is 0.182. The van der Waals surface area contributed by atoms with Crippen molar-refractivity contribution in [1.29, 1.82) is 0 Å². The molecule has 0 saturated heterocycles.